The molecular formula is C17H14Cl2N4. The van der Waals surface area contributed by atoms with E-state index in [0.717, 1.165) is 11.3 Å². The molecule has 1 heterocycles. The van der Waals surface area contributed by atoms with Crippen LogP contribution >= 0.6 is 23.2 Å². The highest BCUT2D eigenvalue weighted by atomic mass is 35.5. The van der Waals surface area contributed by atoms with Gasteiger partial charge in [-0.2, -0.15) is 4.98 Å². The first-order valence-electron chi connectivity index (χ1n) is 7.00. The van der Waals surface area contributed by atoms with Crippen LogP contribution in [0.2, 0.25) is 10.0 Å². The van der Waals surface area contributed by atoms with Crippen molar-refractivity contribution in [3.8, 4) is 11.3 Å². The van der Waals surface area contributed by atoms with Crippen molar-refractivity contribution < 1.29 is 0 Å². The Labute approximate surface area is 144 Å². The van der Waals surface area contributed by atoms with Crippen molar-refractivity contribution in [1.29, 1.82) is 0 Å². The maximum atomic E-state index is 6.20. The summed E-state index contributed by atoms with van der Waals surface area (Å²) in [4.78, 5) is 8.88. The Bertz CT molecular complexity index is 802. The molecule has 0 aliphatic heterocycles. The summed E-state index contributed by atoms with van der Waals surface area (Å²) >= 11 is 12.4. The number of anilines is 3. The van der Waals surface area contributed by atoms with E-state index in [9.17, 15) is 0 Å². The van der Waals surface area contributed by atoms with Gasteiger partial charge in [0.25, 0.3) is 0 Å². The number of hydrogen-bond donors (Lipinski definition) is 2. The van der Waals surface area contributed by atoms with E-state index in [4.69, 9.17) is 23.2 Å². The normalized spacial score (nSPS) is 10.4. The predicted molar refractivity (Wildman–Crippen MR) is 96.8 cm³/mol. The highest BCUT2D eigenvalue weighted by molar-refractivity contribution is 6.39. The van der Waals surface area contributed by atoms with Crippen molar-refractivity contribution in [3.63, 3.8) is 0 Å². The van der Waals surface area contributed by atoms with Crippen LogP contribution in [0.5, 0.6) is 0 Å². The van der Waals surface area contributed by atoms with Crippen LogP contribution in [-0.4, -0.2) is 17.0 Å². The van der Waals surface area contributed by atoms with E-state index in [0.29, 0.717) is 27.5 Å². The molecule has 0 bridgehead atoms. The smallest absolute Gasteiger partial charge is 0.224 e. The fourth-order valence-electron chi connectivity index (χ4n) is 2.13. The molecule has 0 atom stereocenters. The standard InChI is InChI=1S/C17H14Cl2N4/c1-20-17-21-14(11-6-3-2-4-7-11)10-15(23-17)22-16-12(18)8-5-9-13(16)19/h2-10H,1H3,(H2,20,21,22,23). The molecule has 2 aromatic carbocycles. The van der Waals surface area contributed by atoms with Crippen molar-refractivity contribution >= 4 is 40.7 Å². The molecule has 4 nitrogen and oxygen atoms in total. The van der Waals surface area contributed by atoms with Crippen LogP contribution < -0.4 is 10.6 Å². The van der Waals surface area contributed by atoms with Crippen LogP contribution in [0.1, 0.15) is 0 Å². The molecule has 0 saturated heterocycles. The fourth-order valence-corrected chi connectivity index (χ4v) is 2.62. The topological polar surface area (TPSA) is 49.8 Å². The summed E-state index contributed by atoms with van der Waals surface area (Å²) in [7, 11) is 1.77. The van der Waals surface area contributed by atoms with Crippen LogP contribution in [0, 0.1) is 0 Å². The summed E-state index contributed by atoms with van der Waals surface area (Å²) < 4.78 is 0. The molecule has 0 aliphatic carbocycles. The maximum Gasteiger partial charge on any atom is 0.224 e. The van der Waals surface area contributed by atoms with Gasteiger partial charge < -0.3 is 10.6 Å². The zero-order valence-corrected chi connectivity index (χ0v) is 13.9. The third kappa shape index (κ3) is 3.55. The Morgan fingerprint density at radius 3 is 2.22 bits per heavy atom. The Morgan fingerprint density at radius 2 is 1.57 bits per heavy atom. The minimum atomic E-state index is 0.511. The molecule has 116 valence electrons. The number of hydrogen-bond acceptors (Lipinski definition) is 4. The quantitative estimate of drug-likeness (QED) is 0.679. The second-order valence-corrected chi connectivity index (χ2v) is 5.61. The number of nitrogens with zero attached hydrogens (tertiary/aromatic N) is 2. The van der Waals surface area contributed by atoms with Crippen molar-refractivity contribution in [2.24, 2.45) is 0 Å². The Hall–Kier alpha value is -2.30. The predicted octanol–water partition coefficient (Wildman–Crippen LogP) is 5.24. The summed E-state index contributed by atoms with van der Waals surface area (Å²) in [5.74, 6) is 1.12. The largest absolute Gasteiger partial charge is 0.357 e. The lowest BCUT2D eigenvalue weighted by Gasteiger charge is -2.12. The monoisotopic (exact) mass is 344 g/mol. The first-order chi connectivity index (χ1) is 11.2. The molecule has 0 amide bonds. The zero-order chi connectivity index (χ0) is 16.2. The van der Waals surface area contributed by atoms with Gasteiger partial charge in [0, 0.05) is 18.7 Å². The molecule has 0 aliphatic rings. The Kier molecular flexibility index (Phi) is 4.65. The van der Waals surface area contributed by atoms with Gasteiger partial charge in [-0.3, -0.25) is 0 Å². The van der Waals surface area contributed by atoms with E-state index < -0.39 is 0 Å². The SMILES string of the molecule is CNc1nc(Nc2c(Cl)cccc2Cl)cc(-c2ccccc2)n1. The summed E-state index contributed by atoms with van der Waals surface area (Å²) in [6.07, 6.45) is 0. The third-order valence-corrected chi connectivity index (χ3v) is 3.87. The van der Waals surface area contributed by atoms with E-state index in [2.05, 4.69) is 20.6 Å². The number of nitrogens with one attached hydrogen (secondary N) is 2. The number of para-hydroxylation sites is 1. The van der Waals surface area contributed by atoms with Gasteiger partial charge in [-0.15, -0.1) is 0 Å². The van der Waals surface area contributed by atoms with Gasteiger partial charge in [-0.1, -0.05) is 59.6 Å². The van der Waals surface area contributed by atoms with Gasteiger partial charge >= 0.3 is 0 Å². The number of aromatic nitrogens is 2. The highest BCUT2D eigenvalue weighted by Gasteiger charge is 2.10. The lowest BCUT2D eigenvalue weighted by molar-refractivity contribution is 1.15. The molecule has 0 spiro atoms. The highest BCUT2D eigenvalue weighted by Crippen LogP contribution is 2.33. The summed E-state index contributed by atoms with van der Waals surface area (Å²) in [5.41, 5.74) is 2.42. The molecule has 23 heavy (non-hydrogen) atoms. The first-order valence-corrected chi connectivity index (χ1v) is 7.76. The summed E-state index contributed by atoms with van der Waals surface area (Å²) in [6, 6.07) is 17.1. The molecule has 0 unspecified atom stereocenters. The molecular weight excluding hydrogens is 331 g/mol. The molecule has 2 N–H and O–H groups in total. The summed E-state index contributed by atoms with van der Waals surface area (Å²) in [6.45, 7) is 0. The van der Waals surface area contributed by atoms with Gasteiger partial charge in [-0.05, 0) is 12.1 Å². The van der Waals surface area contributed by atoms with Crippen molar-refractivity contribution in [3.05, 3.63) is 64.6 Å². The van der Waals surface area contributed by atoms with Crippen LogP contribution in [0.25, 0.3) is 11.3 Å². The maximum absolute atomic E-state index is 6.20. The van der Waals surface area contributed by atoms with Gasteiger partial charge in [0.15, 0.2) is 0 Å². The summed E-state index contributed by atoms with van der Waals surface area (Å²) in [5, 5.41) is 7.20. The molecule has 0 saturated carbocycles. The van der Waals surface area contributed by atoms with Gasteiger partial charge in [0.2, 0.25) is 5.95 Å². The van der Waals surface area contributed by atoms with E-state index >= 15 is 0 Å². The van der Waals surface area contributed by atoms with Gasteiger partial charge in [0.1, 0.15) is 5.82 Å². The van der Waals surface area contributed by atoms with Crippen molar-refractivity contribution in [1.82, 2.24) is 9.97 Å². The fraction of sp³-hybridized carbons (Fsp3) is 0.0588. The molecule has 0 radical (unpaired) electrons. The molecule has 1 aromatic heterocycles. The van der Waals surface area contributed by atoms with E-state index in [-0.39, 0.29) is 0 Å². The number of rotatable bonds is 4. The second-order valence-electron chi connectivity index (χ2n) is 4.80. The second kappa shape index (κ2) is 6.86. The van der Waals surface area contributed by atoms with Crippen LogP contribution in [-0.2, 0) is 0 Å². The van der Waals surface area contributed by atoms with Crippen LogP contribution in [0.4, 0.5) is 17.5 Å². The van der Waals surface area contributed by atoms with Crippen molar-refractivity contribution in [2.75, 3.05) is 17.7 Å². The van der Waals surface area contributed by atoms with Gasteiger partial charge in [0.05, 0.1) is 21.4 Å². The molecule has 3 aromatic rings. The van der Waals surface area contributed by atoms with E-state index in [1.165, 1.54) is 0 Å². The lowest BCUT2D eigenvalue weighted by atomic mass is 10.1. The Balaban J connectivity index is 2.03. The average molecular weight is 345 g/mol. The molecule has 3 rings (SSSR count). The number of benzene rings is 2. The first kappa shape index (κ1) is 15.6. The van der Waals surface area contributed by atoms with Crippen molar-refractivity contribution in [2.45, 2.75) is 0 Å². The van der Waals surface area contributed by atoms with Crippen LogP contribution in [0.3, 0.4) is 0 Å². The minimum absolute atomic E-state index is 0.511. The zero-order valence-electron chi connectivity index (χ0n) is 12.3. The minimum Gasteiger partial charge on any atom is -0.357 e. The Morgan fingerprint density at radius 1 is 0.870 bits per heavy atom. The third-order valence-electron chi connectivity index (χ3n) is 3.24. The average Bonchev–Trinajstić information content (AvgIpc) is 2.59. The number of halogens is 2. The van der Waals surface area contributed by atoms with Gasteiger partial charge in [-0.25, -0.2) is 4.98 Å². The molecule has 0 fully saturated rings. The van der Waals surface area contributed by atoms with E-state index in [1.807, 2.05) is 36.4 Å². The van der Waals surface area contributed by atoms with Crippen LogP contribution in [0.15, 0.2) is 54.6 Å². The molecule has 6 heteroatoms. The lowest BCUT2D eigenvalue weighted by Crippen LogP contribution is -2.02. The van der Waals surface area contributed by atoms with E-state index in [1.54, 1.807) is 25.2 Å².